The van der Waals surface area contributed by atoms with Crippen LogP contribution >= 0.6 is 0 Å². The predicted octanol–water partition coefficient (Wildman–Crippen LogP) is 8.67. The standard InChI is InChI=1S/C49H54N2O7/c1-50-29-33-21-37(26-39(52)22-33)42(23-31-14-16-44(53)48(24-31)58-40-11-4-5-12-40)47(56)28-46(55)38(20-32-18-19-51-30-32)25-36-15-17-45(54)49(57-2)43(36)27-35-10-7-9-34-8-3-6-13-41(34)35/h3,6-10,13-19,21-22,24,26,30,38,40,42,46,50-55H,4-5,11-12,20,23,25,27-29H2,1-2H3/t38-,42-,46-/m1/s1. The van der Waals surface area contributed by atoms with E-state index in [9.17, 15) is 25.2 Å². The summed E-state index contributed by atoms with van der Waals surface area (Å²) in [5.74, 6) is -0.311. The smallest absolute Gasteiger partial charge is 0.164 e. The van der Waals surface area contributed by atoms with Crippen molar-refractivity contribution in [2.75, 3.05) is 14.2 Å². The number of aromatic amines is 1. The highest BCUT2D eigenvalue weighted by molar-refractivity contribution is 5.87. The van der Waals surface area contributed by atoms with Gasteiger partial charge >= 0.3 is 0 Å². The molecule has 6 aromatic rings. The third-order valence-corrected chi connectivity index (χ3v) is 11.6. The Balaban J connectivity index is 1.20. The lowest BCUT2D eigenvalue weighted by atomic mass is 9.80. The van der Waals surface area contributed by atoms with Crippen LogP contribution in [0.2, 0.25) is 0 Å². The maximum Gasteiger partial charge on any atom is 0.164 e. The van der Waals surface area contributed by atoms with Crippen LogP contribution in [0.15, 0.2) is 109 Å². The molecule has 302 valence electrons. The van der Waals surface area contributed by atoms with E-state index in [0.29, 0.717) is 42.9 Å². The van der Waals surface area contributed by atoms with Crippen LogP contribution in [0, 0.1) is 5.92 Å². The lowest BCUT2D eigenvalue weighted by molar-refractivity contribution is -0.123. The van der Waals surface area contributed by atoms with Gasteiger partial charge in [0.25, 0.3) is 0 Å². The normalized spacial score (nSPS) is 14.7. The van der Waals surface area contributed by atoms with E-state index in [0.717, 1.165) is 69.8 Å². The van der Waals surface area contributed by atoms with E-state index in [1.807, 2.05) is 61.9 Å². The number of carbonyl (C=O) groups is 1. The molecule has 0 aliphatic heterocycles. The van der Waals surface area contributed by atoms with E-state index in [-0.39, 0.29) is 47.9 Å². The summed E-state index contributed by atoms with van der Waals surface area (Å²) in [5, 5.41) is 50.1. The molecule has 58 heavy (non-hydrogen) atoms. The number of benzene rings is 5. The molecule has 3 atom stereocenters. The molecule has 0 unspecified atom stereocenters. The summed E-state index contributed by atoms with van der Waals surface area (Å²) in [6.45, 7) is 0.499. The molecule has 9 heteroatoms. The van der Waals surface area contributed by atoms with Gasteiger partial charge in [0.1, 0.15) is 11.5 Å². The van der Waals surface area contributed by atoms with Gasteiger partial charge in [0, 0.05) is 43.3 Å². The van der Waals surface area contributed by atoms with Gasteiger partial charge in [-0.1, -0.05) is 60.7 Å². The number of fused-ring (bicyclic) bond motifs is 1. The van der Waals surface area contributed by atoms with Crippen molar-refractivity contribution in [2.45, 2.75) is 82.5 Å². The number of rotatable bonds is 18. The highest BCUT2D eigenvalue weighted by atomic mass is 16.5. The molecule has 9 nitrogen and oxygen atoms in total. The molecular formula is C49H54N2O7. The molecular weight excluding hydrogens is 729 g/mol. The zero-order valence-corrected chi connectivity index (χ0v) is 33.3. The summed E-state index contributed by atoms with van der Waals surface area (Å²) >= 11 is 0. The molecule has 0 spiro atoms. The molecule has 1 heterocycles. The third kappa shape index (κ3) is 9.67. The number of aliphatic hydroxyl groups is 1. The van der Waals surface area contributed by atoms with Gasteiger partial charge in [-0.25, -0.2) is 0 Å². The maximum atomic E-state index is 14.7. The number of Topliss-reactive ketones (excluding diaryl/α,β-unsaturated/α-hetero) is 1. The van der Waals surface area contributed by atoms with E-state index in [2.05, 4.69) is 34.6 Å². The first-order valence-corrected chi connectivity index (χ1v) is 20.3. The molecule has 1 aromatic heterocycles. The predicted molar refractivity (Wildman–Crippen MR) is 227 cm³/mol. The minimum absolute atomic E-state index is 0.0389. The summed E-state index contributed by atoms with van der Waals surface area (Å²) < 4.78 is 12.0. The molecule has 0 bridgehead atoms. The summed E-state index contributed by atoms with van der Waals surface area (Å²) in [7, 11) is 3.38. The van der Waals surface area contributed by atoms with Gasteiger partial charge in [0.2, 0.25) is 0 Å². The second-order valence-electron chi connectivity index (χ2n) is 15.7. The number of ketones is 1. The zero-order chi connectivity index (χ0) is 40.6. The molecule has 5 aromatic carbocycles. The molecule has 1 saturated carbocycles. The van der Waals surface area contributed by atoms with Crippen molar-refractivity contribution in [1.82, 2.24) is 10.3 Å². The van der Waals surface area contributed by atoms with Crippen LogP contribution in [-0.2, 0) is 37.0 Å². The van der Waals surface area contributed by atoms with E-state index in [1.165, 1.54) is 0 Å². The molecule has 0 amide bonds. The number of H-pyrrole nitrogens is 1. The van der Waals surface area contributed by atoms with Crippen molar-refractivity contribution in [3.8, 4) is 28.7 Å². The van der Waals surface area contributed by atoms with Crippen LogP contribution < -0.4 is 14.8 Å². The Hall–Kier alpha value is -5.77. The van der Waals surface area contributed by atoms with Crippen molar-refractivity contribution in [2.24, 2.45) is 5.92 Å². The summed E-state index contributed by atoms with van der Waals surface area (Å²) in [5.41, 5.74) is 6.10. The van der Waals surface area contributed by atoms with Crippen LogP contribution in [0.25, 0.3) is 10.8 Å². The van der Waals surface area contributed by atoms with E-state index in [4.69, 9.17) is 9.47 Å². The number of phenols is 3. The highest BCUT2D eigenvalue weighted by Gasteiger charge is 2.30. The SMILES string of the molecule is CNCc1cc(O)cc([C@@H](Cc2ccc(O)c(OC3CCCC3)c2)C(=O)C[C@@H](O)[C@H](Cc2cc[nH]c2)Cc2ccc(O)c(OC)c2Cc2cccc3ccccc23)c1. The summed E-state index contributed by atoms with van der Waals surface area (Å²) in [6.07, 6.45) is 8.37. The lowest BCUT2D eigenvalue weighted by Gasteiger charge is -2.27. The number of carbonyl (C=O) groups excluding carboxylic acids is 1. The van der Waals surface area contributed by atoms with E-state index >= 15 is 0 Å². The fourth-order valence-corrected chi connectivity index (χ4v) is 8.66. The van der Waals surface area contributed by atoms with Gasteiger partial charge in [-0.3, -0.25) is 4.79 Å². The molecule has 0 saturated heterocycles. The average molecular weight is 783 g/mol. The Morgan fingerprint density at radius 3 is 2.40 bits per heavy atom. The monoisotopic (exact) mass is 782 g/mol. The van der Waals surface area contributed by atoms with Crippen molar-refractivity contribution in [3.05, 3.63) is 148 Å². The van der Waals surface area contributed by atoms with Crippen molar-refractivity contribution < 1.29 is 34.7 Å². The first kappa shape index (κ1) is 40.4. The van der Waals surface area contributed by atoms with Crippen LogP contribution in [0.5, 0.6) is 28.7 Å². The fraction of sp³-hybridized carbons (Fsp3) is 0.327. The lowest BCUT2D eigenvalue weighted by Crippen LogP contribution is -2.30. The van der Waals surface area contributed by atoms with Gasteiger partial charge in [0.15, 0.2) is 23.0 Å². The Morgan fingerprint density at radius 1 is 0.828 bits per heavy atom. The number of hydrogen-bond acceptors (Lipinski definition) is 8. The molecule has 1 aliphatic carbocycles. The van der Waals surface area contributed by atoms with Crippen LogP contribution in [0.1, 0.15) is 77.0 Å². The van der Waals surface area contributed by atoms with Crippen LogP contribution in [0.3, 0.4) is 0 Å². The second-order valence-corrected chi connectivity index (χ2v) is 15.7. The first-order valence-electron chi connectivity index (χ1n) is 20.3. The maximum absolute atomic E-state index is 14.7. The first-order chi connectivity index (χ1) is 28.2. The Labute approximate surface area is 340 Å². The minimum atomic E-state index is -1.04. The van der Waals surface area contributed by atoms with Crippen molar-refractivity contribution >= 4 is 16.6 Å². The number of methoxy groups -OCH3 is 1. The number of aromatic nitrogens is 1. The Morgan fingerprint density at radius 2 is 1.62 bits per heavy atom. The number of hydrogen-bond donors (Lipinski definition) is 6. The Kier molecular flexibility index (Phi) is 13.0. The van der Waals surface area contributed by atoms with Gasteiger partial charge in [-0.05, 0) is 138 Å². The number of phenolic OH excluding ortho intramolecular Hbond substituents is 3. The van der Waals surface area contributed by atoms with Gasteiger partial charge in [-0.15, -0.1) is 0 Å². The number of aliphatic hydroxyl groups excluding tert-OH is 1. The van der Waals surface area contributed by atoms with E-state index < -0.39 is 12.0 Å². The molecule has 7 rings (SSSR count). The third-order valence-electron chi connectivity index (χ3n) is 11.6. The fourth-order valence-electron chi connectivity index (χ4n) is 8.66. The second kappa shape index (κ2) is 18.7. The topological polar surface area (TPSA) is 144 Å². The zero-order valence-electron chi connectivity index (χ0n) is 33.3. The van der Waals surface area contributed by atoms with Gasteiger partial charge < -0.3 is 40.2 Å². The minimum Gasteiger partial charge on any atom is -0.508 e. The van der Waals surface area contributed by atoms with Crippen LogP contribution in [0.4, 0.5) is 0 Å². The number of aromatic hydroxyl groups is 3. The molecule has 1 fully saturated rings. The summed E-state index contributed by atoms with van der Waals surface area (Å²) in [6, 6.07) is 30.4. The van der Waals surface area contributed by atoms with Gasteiger partial charge in [-0.2, -0.15) is 0 Å². The van der Waals surface area contributed by atoms with E-state index in [1.54, 1.807) is 37.4 Å². The molecule has 6 N–H and O–H groups in total. The molecule has 0 radical (unpaired) electrons. The summed E-state index contributed by atoms with van der Waals surface area (Å²) in [4.78, 5) is 17.8. The average Bonchev–Trinajstić information content (AvgIpc) is 3.94. The van der Waals surface area contributed by atoms with Crippen molar-refractivity contribution in [3.63, 3.8) is 0 Å². The molecule has 1 aliphatic rings. The number of ether oxygens (including phenoxy) is 2. The highest BCUT2D eigenvalue weighted by Crippen LogP contribution is 2.39. The van der Waals surface area contributed by atoms with Crippen molar-refractivity contribution in [1.29, 1.82) is 0 Å². The van der Waals surface area contributed by atoms with Crippen LogP contribution in [-0.4, -0.2) is 57.6 Å². The Bertz CT molecular complexity index is 2310. The number of nitrogens with one attached hydrogen (secondary N) is 2. The quantitative estimate of drug-likeness (QED) is 0.0509. The largest absolute Gasteiger partial charge is 0.508 e. The van der Waals surface area contributed by atoms with Gasteiger partial charge in [0.05, 0.1) is 19.3 Å².